The third-order valence-corrected chi connectivity index (χ3v) is 3.55. The summed E-state index contributed by atoms with van der Waals surface area (Å²) in [5, 5.41) is 3.36. The quantitative estimate of drug-likeness (QED) is 0.867. The zero-order valence-electron chi connectivity index (χ0n) is 10.7. The van der Waals surface area contributed by atoms with E-state index < -0.39 is 0 Å². The number of hydrogen-bond donors (Lipinski definition) is 1. The number of piperazine rings is 1. The first-order valence-electron chi connectivity index (χ1n) is 6.43. The van der Waals surface area contributed by atoms with Crippen LogP contribution in [-0.4, -0.2) is 31.1 Å². The van der Waals surface area contributed by atoms with E-state index in [0.29, 0.717) is 6.04 Å². The fourth-order valence-electron chi connectivity index (χ4n) is 2.57. The number of aryl methyl sites for hydroxylation is 1. The lowest BCUT2D eigenvalue weighted by Crippen LogP contribution is -2.45. The number of hydrogen-bond acceptors (Lipinski definition) is 2. The highest BCUT2D eigenvalue weighted by atomic mass is 19.1. The topological polar surface area (TPSA) is 15.3 Å². The Hall–Kier alpha value is -0.930. The zero-order valence-corrected chi connectivity index (χ0v) is 10.7. The lowest BCUT2D eigenvalue weighted by Gasteiger charge is -2.34. The van der Waals surface area contributed by atoms with Crippen LogP contribution in [0.5, 0.6) is 0 Å². The maximum absolute atomic E-state index is 13.3. The van der Waals surface area contributed by atoms with Crippen LogP contribution >= 0.6 is 0 Å². The Bertz CT molecular complexity index is 372. The molecular formula is C14H21FN2. The molecule has 1 aliphatic heterocycles. The summed E-state index contributed by atoms with van der Waals surface area (Å²) in [5.41, 5.74) is 1.99. The summed E-state index contributed by atoms with van der Waals surface area (Å²) in [6.07, 6.45) is 1.07. The van der Waals surface area contributed by atoms with E-state index in [1.165, 1.54) is 5.56 Å². The van der Waals surface area contributed by atoms with Gasteiger partial charge in [-0.2, -0.15) is 0 Å². The zero-order chi connectivity index (χ0) is 12.3. The van der Waals surface area contributed by atoms with Gasteiger partial charge < -0.3 is 5.32 Å². The van der Waals surface area contributed by atoms with Gasteiger partial charge in [-0.3, -0.25) is 4.90 Å². The molecule has 1 aromatic rings. The normalized spacial score (nSPS) is 19.2. The molecule has 0 bridgehead atoms. The highest BCUT2D eigenvalue weighted by molar-refractivity contribution is 5.26. The molecule has 3 heteroatoms. The van der Waals surface area contributed by atoms with Gasteiger partial charge in [-0.1, -0.05) is 19.1 Å². The van der Waals surface area contributed by atoms with E-state index in [9.17, 15) is 4.39 Å². The molecule has 17 heavy (non-hydrogen) atoms. The number of benzene rings is 1. The largest absolute Gasteiger partial charge is 0.314 e. The second-order valence-electron chi connectivity index (χ2n) is 4.72. The van der Waals surface area contributed by atoms with Gasteiger partial charge >= 0.3 is 0 Å². The maximum atomic E-state index is 13.3. The minimum Gasteiger partial charge on any atom is -0.314 e. The molecule has 1 aromatic carbocycles. The molecule has 0 saturated carbocycles. The van der Waals surface area contributed by atoms with Crippen LogP contribution in [0.4, 0.5) is 4.39 Å². The van der Waals surface area contributed by atoms with E-state index >= 15 is 0 Å². The number of halogens is 1. The van der Waals surface area contributed by atoms with Crippen molar-refractivity contribution in [2.75, 3.05) is 26.2 Å². The molecule has 1 fully saturated rings. The van der Waals surface area contributed by atoms with Crippen LogP contribution in [0.15, 0.2) is 18.2 Å². The van der Waals surface area contributed by atoms with Crippen molar-refractivity contribution in [1.82, 2.24) is 10.2 Å². The van der Waals surface area contributed by atoms with Gasteiger partial charge in [0.1, 0.15) is 5.82 Å². The summed E-state index contributed by atoms with van der Waals surface area (Å²) in [6, 6.07) is 5.94. The molecule has 0 amide bonds. The van der Waals surface area contributed by atoms with E-state index in [-0.39, 0.29) is 5.82 Å². The van der Waals surface area contributed by atoms with E-state index in [1.54, 1.807) is 6.07 Å². The van der Waals surface area contributed by atoms with Gasteiger partial charge in [-0.15, -0.1) is 0 Å². The van der Waals surface area contributed by atoms with E-state index in [4.69, 9.17) is 0 Å². The van der Waals surface area contributed by atoms with E-state index in [0.717, 1.165) is 38.2 Å². The summed E-state index contributed by atoms with van der Waals surface area (Å²) in [7, 11) is 0. The average molecular weight is 236 g/mol. The summed E-state index contributed by atoms with van der Waals surface area (Å²) in [4.78, 5) is 2.49. The standard InChI is InChI=1S/C14H21FN2/c1-3-14(17-8-6-16-7-9-17)12-4-5-13(15)11(2)10-12/h4-5,10,14,16H,3,6-9H2,1-2H3. The van der Waals surface area contributed by atoms with Crippen molar-refractivity contribution in [3.63, 3.8) is 0 Å². The van der Waals surface area contributed by atoms with E-state index in [2.05, 4.69) is 17.1 Å². The first-order chi connectivity index (χ1) is 8.22. The molecule has 2 nitrogen and oxygen atoms in total. The Morgan fingerprint density at radius 3 is 2.65 bits per heavy atom. The minimum absolute atomic E-state index is 0.107. The van der Waals surface area contributed by atoms with E-state index in [1.807, 2.05) is 19.1 Å². The van der Waals surface area contributed by atoms with Crippen molar-refractivity contribution in [2.24, 2.45) is 0 Å². The van der Waals surface area contributed by atoms with Crippen LogP contribution in [0.1, 0.15) is 30.5 Å². The second-order valence-corrected chi connectivity index (χ2v) is 4.72. The van der Waals surface area contributed by atoms with Gasteiger partial charge in [0.05, 0.1) is 0 Å². The van der Waals surface area contributed by atoms with Crippen LogP contribution in [0.2, 0.25) is 0 Å². The van der Waals surface area contributed by atoms with Gasteiger partial charge in [-0.25, -0.2) is 4.39 Å². The molecule has 1 unspecified atom stereocenters. The van der Waals surface area contributed by atoms with Crippen LogP contribution < -0.4 is 5.32 Å². The number of nitrogens with zero attached hydrogens (tertiary/aromatic N) is 1. The predicted molar refractivity (Wildman–Crippen MR) is 68.6 cm³/mol. The summed E-state index contributed by atoms with van der Waals surface area (Å²) in [5.74, 6) is -0.107. The molecule has 1 atom stereocenters. The Morgan fingerprint density at radius 2 is 2.06 bits per heavy atom. The SMILES string of the molecule is CCC(c1ccc(F)c(C)c1)N1CCNCC1. The summed E-state index contributed by atoms with van der Waals surface area (Å²) < 4.78 is 13.3. The minimum atomic E-state index is -0.107. The maximum Gasteiger partial charge on any atom is 0.126 e. The molecule has 2 rings (SSSR count). The van der Waals surface area contributed by atoms with Crippen molar-refractivity contribution in [1.29, 1.82) is 0 Å². The van der Waals surface area contributed by atoms with Gasteiger partial charge in [0.25, 0.3) is 0 Å². The van der Waals surface area contributed by atoms with Crippen LogP contribution in [0.3, 0.4) is 0 Å². The molecule has 1 saturated heterocycles. The molecule has 1 N–H and O–H groups in total. The average Bonchev–Trinajstić information content (AvgIpc) is 2.36. The Labute approximate surface area is 103 Å². The Morgan fingerprint density at radius 1 is 1.35 bits per heavy atom. The smallest absolute Gasteiger partial charge is 0.126 e. The highest BCUT2D eigenvalue weighted by Gasteiger charge is 2.20. The fourth-order valence-corrected chi connectivity index (χ4v) is 2.57. The van der Waals surface area contributed by atoms with Crippen molar-refractivity contribution in [3.8, 4) is 0 Å². The van der Waals surface area contributed by atoms with Crippen LogP contribution in [0.25, 0.3) is 0 Å². The molecule has 1 heterocycles. The number of nitrogens with one attached hydrogen (secondary N) is 1. The monoisotopic (exact) mass is 236 g/mol. The van der Waals surface area contributed by atoms with Gasteiger partial charge in [0.15, 0.2) is 0 Å². The lowest BCUT2D eigenvalue weighted by atomic mass is 10.00. The first kappa shape index (κ1) is 12.5. The Kier molecular flexibility index (Phi) is 4.13. The third kappa shape index (κ3) is 2.85. The summed E-state index contributed by atoms with van der Waals surface area (Å²) >= 11 is 0. The molecule has 0 aromatic heterocycles. The van der Waals surface area contributed by atoms with Crippen molar-refractivity contribution in [2.45, 2.75) is 26.3 Å². The lowest BCUT2D eigenvalue weighted by molar-refractivity contribution is 0.169. The second kappa shape index (κ2) is 5.61. The van der Waals surface area contributed by atoms with Gasteiger partial charge in [0, 0.05) is 32.2 Å². The Balaban J connectivity index is 2.18. The molecule has 0 radical (unpaired) electrons. The van der Waals surface area contributed by atoms with Crippen molar-refractivity contribution in [3.05, 3.63) is 35.1 Å². The van der Waals surface area contributed by atoms with Gasteiger partial charge in [0.2, 0.25) is 0 Å². The number of rotatable bonds is 3. The molecule has 94 valence electrons. The van der Waals surface area contributed by atoms with Crippen LogP contribution in [-0.2, 0) is 0 Å². The molecule has 0 aliphatic carbocycles. The molecular weight excluding hydrogens is 215 g/mol. The van der Waals surface area contributed by atoms with Crippen LogP contribution in [0, 0.1) is 12.7 Å². The summed E-state index contributed by atoms with van der Waals surface area (Å²) in [6.45, 7) is 8.30. The first-order valence-corrected chi connectivity index (χ1v) is 6.43. The van der Waals surface area contributed by atoms with Crippen molar-refractivity contribution < 1.29 is 4.39 Å². The van der Waals surface area contributed by atoms with Gasteiger partial charge in [-0.05, 0) is 30.5 Å². The predicted octanol–water partition coefficient (Wildman–Crippen LogP) is 2.49. The molecule has 1 aliphatic rings. The fraction of sp³-hybridized carbons (Fsp3) is 0.571. The highest BCUT2D eigenvalue weighted by Crippen LogP contribution is 2.25. The third-order valence-electron chi connectivity index (χ3n) is 3.55. The van der Waals surface area contributed by atoms with Crippen molar-refractivity contribution >= 4 is 0 Å². The molecule has 0 spiro atoms.